The molecule has 0 radical (unpaired) electrons. The van der Waals surface area contributed by atoms with Gasteiger partial charge in [-0.15, -0.1) is 0 Å². The molecule has 2 aliphatic rings. The van der Waals surface area contributed by atoms with E-state index in [4.69, 9.17) is 52.1 Å². The molecule has 2 aliphatic heterocycles. The van der Waals surface area contributed by atoms with E-state index in [0.717, 1.165) is 54.0 Å². The lowest BCUT2D eigenvalue weighted by Gasteiger charge is -2.48. The molecule has 0 N–H and O–H groups in total. The molecule has 2 saturated heterocycles. The fourth-order valence-corrected chi connectivity index (χ4v) is 5.38. The molecule has 2 heterocycles. The molecule has 1 aromatic rings. The molecule has 3 rings (SSSR count). The maximum absolute atomic E-state index is 12.6. The van der Waals surface area contributed by atoms with Crippen LogP contribution in [-0.2, 0) is 80.9 Å². The van der Waals surface area contributed by atoms with E-state index in [1.807, 2.05) is 0 Å². The van der Waals surface area contributed by atoms with Gasteiger partial charge in [0.25, 0.3) is 0 Å². The molecule has 0 aliphatic carbocycles. The van der Waals surface area contributed by atoms with E-state index in [-0.39, 0.29) is 5.75 Å². The minimum Gasteiger partial charge on any atom is -0.463 e. The van der Waals surface area contributed by atoms with Gasteiger partial charge in [-0.05, 0) is 17.7 Å². The van der Waals surface area contributed by atoms with Crippen LogP contribution in [-0.4, -0.2) is 116 Å². The third kappa shape index (κ3) is 12.0. The quantitative estimate of drug-likeness (QED) is 0.194. The SMILES string of the molecule is C=Cc1ccc(O[C@@H]2O[C@@H](COC(C)=O)[C@H](O[C@H]3O[C@@H](COC(C)=O)[C@@H](OC(C)=O)[C@@H](OC(C)=O)[C@H]3OC(C)=O)[C@H](OC(C)=O)[C@@H]2OC(C)=O)cc1. The van der Waals surface area contributed by atoms with Crippen LogP contribution in [0.4, 0.5) is 0 Å². The minimum absolute atomic E-state index is 0.236. The van der Waals surface area contributed by atoms with Crippen LogP contribution in [0.25, 0.3) is 6.08 Å². The van der Waals surface area contributed by atoms with Gasteiger partial charge in [-0.3, -0.25) is 33.6 Å². The van der Waals surface area contributed by atoms with E-state index in [1.54, 1.807) is 30.3 Å². The molecule has 0 saturated carbocycles. The molecule has 18 heteroatoms. The van der Waals surface area contributed by atoms with Crippen LogP contribution in [0, 0.1) is 0 Å². The number of ether oxygens (including phenoxy) is 11. The van der Waals surface area contributed by atoms with Crippen molar-refractivity contribution >= 4 is 47.9 Å². The fraction of sp³-hybridized carbons (Fsp3) is 0.559. The molecule has 0 amide bonds. The summed E-state index contributed by atoms with van der Waals surface area (Å²) in [5, 5.41) is 0. The van der Waals surface area contributed by atoms with Crippen molar-refractivity contribution in [3.8, 4) is 5.75 Å². The van der Waals surface area contributed by atoms with E-state index in [2.05, 4.69) is 6.58 Å². The third-order valence-corrected chi connectivity index (χ3v) is 7.25. The van der Waals surface area contributed by atoms with Crippen molar-refractivity contribution in [1.82, 2.24) is 0 Å². The molecule has 18 nitrogen and oxygen atoms in total. The van der Waals surface area contributed by atoms with E-state index in [0.29, 0.717) is 0 Å². The lowest BCUT2D eigenvalue weighted by molar-refractivity contribution is -0.354. The summed E-state index contributed by atoms with van der Waals surface area (Å²) in [6.07, 6.45) is -14.0. The van der Waals surface area contributed by atoms with Crippen LogP contribution in [0.5, 0.6) is 5.75 Å². The highest BCUT2D eigenvalue weighted by Crippen LogP contribution is 2.36. The second-order valence-electron chi connectivity index (χ2n) is 11.6. The molecule has 286 valence electrons. The van der Waals surface area contributed by atoms with Crippen molar-refractivity contribution in [2.24, 2.45) is 0 Å². The summed E-state index contributed by atoms with van der Waals surface area (Å²) in [5.74, 6) is -5.64. The Labute approximate surface area is 298 Å². The van der Waals surface area contributed by atoms with Crippen LogP contribution in [0.15, 0.2) is 30.8 Å². The normalized spacial score (nSPS) is 28.2. The average Bonchev–Trinajstić information content (AvgIpc) is 3.03. The Morgan fingerprint density at radius 1 is 0.538 bits per heavy atom. The summed E-state index contributed by atoms with van der Waals surface area (Å²) in [4.78, 5) is 85.6. The highest BCUT2D eigenvalue weighted by Gasteiger charge is 2.58. The molecule has 52 heavy (non-hydrogen) atoms. The van der Waals surface area contributed by atoms with Crippen molar-refractivity contribution in [1.29, 1.82) is 0 Å². The Balaban J connectivity index is 2.16. The van der Waals surface area contributed by atoms with Gasteiger partial charge in [-0.25, -0.2) is 0 Å². The monoisotopic (exact) mass is 738 g/mol. The predicted octanol–water partition coefficient (Wildman–Crippen LogP) is 1.33. The van der Waals surface area contributed by atoms with E-state index in [9.17, 15) is 33.6 Å². The zero-order valence-corrected chi connectivity index (χ0v) is 29.6. The molecule has 0 spiro atoms. The van der Waals surface area contributed by atoms with Gasteiger partial charge in [0.15, 0.2) is 30.7 Å². The molecule has 10 atom stereocenters. The first-order valence-electron chi connectivity index (χ1n) is 16.0. The van der Waals surface area contributed by atoms with E-state index >= 15 is 0 Å². The molecule has 1 aromatic carbocycles. The first kappa shape index (κ1) is 41.4. The van der Waals surface area contributed by atoms with Crippen LogP contribution in [0.1, 0.15) is 54.0 Å². The Morgan fingerprint density at radius 3 is 1.37 bits per heavy atom. The molecular weight excluding hydrogens is 696 g/mol. The van der Waals surface area contributed by atoms with Gasteiger partial charge in [0.1, 0.15) is 37.3 Å². The molecular formula is C34H42O18. The summed E-state index contributed by atoms with van der Waals surface area (Å²) < 4.78 is 62.5. The van der Waals surface area contributed by atoms with Crippen LogP contribution < -0.4 is 4.74 Å². The van der Waals surface area contributed by atoms with Crippen LogP contribution >= 0.6 is 0 Å². The summed E-state index contributed by atoms with van der Waals surface area (Å²) in [6.45, 7) is 10.1. The van der Waals surface area contributed by atoms with Crippen molar-refractivity contribution < 1.29 is 85.7 Å². The van der Waals surface area contributed by atoms with Gasteiger partial charge in [0, 0.05) is 48.5 Å². The Hall–Kier alpha value is -5.07. The topological polar surface area (TPSA) is 221 Å². The van der Waals surface area contributed by atoms with Gasteiger partial charge in [0.05, 0.1) is 0 Å². The molecule has 0 unspecified atom stereocenters. The largest absolute Gasteiger partial charge is 0.463 e. The van der Waals surface area contributed by atoms with E-state index in [1.165, 1.54) is 0 Å². The zero-order valence-electron chi connectivity index (χ0n) is 29.6. The number of rotatable bonds is 14. The first-order chi connectivity index (χ1) is 24.5. The second-order valence-corrected chi connectivity index (χ2v) is 11.6. The number of benzene rings is 1. The number of hydrogen-bond acceptors (Lipinski definition) is 18. The number of hydrogen-bond donors (Lipinski definition) is 0. The van der Waals surface area contributed by atoms with Gasteiger partial charge in [-0.2, -0.15) is 0 Å². The Morgan fingerprint density at radius 2 is 0.923 bits per heavy atom. The summed E-state index contributed by atoms with van der Waals surface area (Å²) >= 11 is 0. The highest BCUT2D eigenvalue weighted by atomic mass is 16.8. The standard InChI is InChI=1S/C34H42O18/c1-9-23-10-12-24(13-11-23)49-33-31(47-21(7)40)30(46-20(6)39)28(26(50-33)15-43-17(3)36)52-34-32(48-22(8)41)29(45-19(5)38)27(44-18(4)37)25(51-34)14-42-16(2)35/h9-13,25-34H,1,14-15H2,2-8H3/t25-,26-,27+,28-,29+,30-,31-,32+,33+,34+/m0/s1. The summed E-state index contributed by atoms with van der Waals surface area (Å²) in [5.41, 5.74) is 0.761. The molecule has 2 fully saturated rings. The van der Waals surface area contributed by atoms with Gasteiger partial charge in [0.2, 0.25) is 12.4 Å². The maximum Gasteiger partial charge on any atom is 0.303 e. The van der Waals surface area contributed by atoms with Crippen molar-refractivity contribution in [2.45, 2.75) is 110 Å². The zero-order chi connectivity index (χ0) is 38.7. The van der Waals surface area contributed by atoms with Crippen molar-refractivity contribution in [3.05, 3.63) is 36.4 Å². The third-order valence-electron chi connectivity index (χ3n) is 7.25. The number of carbonyl (C=O) groups excluding carboxylic acids is 7. The maximum atomic E-state index is 12.6. The number of esters is 7. The lowest BCUT2D eigenvalue weighted by atomic mass is 9.96. The second kappa shape index (κ2) is 19.0. The van der Waals surface area contributed by atoms with Gasteiger partial charge >= 0.3 is 41.8 Å². The predicted molar refractivity (Wildman–Crippen MR) is 170 cm³/mol. The Bertz CT molecular complexity index is 1470. The van der Waals surface area contributed by atoms with Crippen LogP contribution in [0.3, 0.4) is 0 Å². The summed E-state index contributed by atoms with van der Waals surface area (Å²) in [7, 11) is 0. The average molecular weight is 739 g/mol. The van der Waals surface area contributed by atoms with Crippen LogP contribution in [0.2, 0.25) is 0 Å². The Kier molecular flexibility index (Phi) is 15.1. The molecule has 0 bridgehead atoms. The number of carbonyl (C=O) groups is 7. The van der Waals surface area contributed by atoms with Crippen molar-refractivity contribution in [2.75, 3.05) is 13.2 Å². The molecule has 0 aromatic heterocycles. The van der Waals surface area contributed by atoms with E-state index < -0.39 is 116 Å². The van der Waals surface area contributed by atoms with Crippen molar-refractivity contribution in [3.63, 3.8) is 0 Å². The highest BCUT2D eigenvalue weighted by molar-refractivity contribution is 5.69. The summed E-state index contributed by atoms with van der Waals surface area (Å²) in [6, 6.07) is 6.52. The fourth-order valence-electron chi connectivity index (χ4n) is 5.38. The first-order valence-corrected chi connectivity index (χ1v) is 16.0. The van der Waals surface area contributed by atoms with Gasteiger partial charge in [-0.1, -0.05) is 24.8 Å². The lowest BCUT2D eigenvalue weighted by Crippen LogP contribution is -2.67. The van der Waals surface area contributed by atoms with Gasteiger partial charge < -0.3 is 52.1 Å². The minimum atomic E-state index is -1.80. The smallest absolute Gasteiger partial charge is 0.303 e.